The van der Waals surface area contributed by atoms with Crippen LogP contribution in [0.5, 0.6) is 5.75 Å². The Morgan fingerprint density at radius 1 is 1.15 bits per heavy atom. The van der Waals surface area contributed by atoms with Crippen LogP contribution in [0.15, 0.2) is 42.5 Å². The highest BCUT2D eigenvalue weighted by Crippen LogP contribution is 2.53. The van der Waals surface area contributed by atoms with E-state index in [0.29, 0.717) is 18.3 Å². The molecule has 34 heavy (non-hydrogen) atoms. The molecule has 2 fully saturated rings. The summed E-state index contributed by atoms with van der Waals surface area (Å²) >= 11 is 0. The molecule has 0 spiro atoms. The van der Waals surface area contributed by atoms with Crippen LogP contribution in [-0.2, 0) is 14.8 Å². The van der Waals surface area contributed by atoms with Crippen molar-refractivity contribution in [1.82, 2.24) is 0 Å². The second kappa shape index (κ2) is 9.47. The number of benzene rings is 2. The average molecular weight is 482 g/mol. The standard InChI is InChI=1S/C26H31N3O4S/c1-2-34(30,31)28-19-10-8-18(9-11-19)26-24(16-27)23-13-12-21(33-17-22-7-4-14-32-22)15-25(23)29(26)20-5-3-6-20/h8-13,15,20,22,24,26,28H,2-7,14,17H2,1H3/t22-,24?,26?/m1/s1. The van der Waals surface area contributed by atoms with E-state index in [1.807, 2.05) is 24.3 Å². The zero-order valence-electron chi connectivity index (χ0n) is 19.4. The first-order valence-corrected chi connectivity index (χ1v) is 13.8. The Kier molecular flexibility index (Phi) is 6.41. The van der Waals surface area contributed by atoms with Gasteiger partial charge in [0.05, 0.1) is 29.9 Å². The van der Waals surface area contributed by atoms with Gasteiger partial charge in [0.2, 0.25) is 10.0 Å². The lowest BCUT2D eigenvalue weighted by atomic mass is 9.87. The number of rotatable bonds is 8. The van der Waals surface area contributed by atoms with Crippen molar-refractivity contribution in [2.45, 2.75) is 63.1 Å². The second-order valence-electron chi connectivity index (χ2n) is 9.34. The fourth-order valence-corrected chi connectivity index (χ4v) is 5.77. The maximum Gasteiger partial charge on any atom is 0.232 e. The van der Waals surface area contributed by atoms with Gasteiger partial charge in [-0.15, -0.1) is 0 Å². The van der Waals surface area contributed by atoms with E-state index < -0.39 is 10.0 Å². The molecule has 2 aromatic rings. The van der Waals surface area contributed by atoms with Gasteiger partial charge in [0.15, 0.2) is 0 Å². The normalized spacial score (nSPS) is 24.4. The van der Waals surface area contributed by atoms with Crippen LogP contribution in [0.4, 0.5) is 11.4 Å². The number of nitrogens with zero attached hydrogens (tertiary/aromatic N) is 2. The molecule has 180 valence electrons. The number of hydrogen-bond acceptors (Lipinski definition) is 6. The van der Waals surface area contributed by atoms with E-state index in [-0.39, 0.29) is 23.8 Å². The molecule has 0 bridgehead atoms. The predicted molar refractivity (Wildman–Crippen MR) is 132 cm³/mol. The van der Waals surface area contributed by atoms with E-state index in [1.54, 1.807) is 19.1 Å². The topological polar surface area (TPSA) is 91.7 Å². The third-order valence-corrected chi connectivity index (χ3v) is 8.51. The monoisotopic (exact) mass is 481 g/mol. The predicted octanol–water partition coefficient (Wildman–Crippen LogP) is 4.73. The number of ether oxygens (including phenoxy) is 2. The molecule has 2 aromatic carbocycles. The van der Waals surface area contributed by atoms with Gasteiger partial charge in [-0.05, 0) is 68.4 Å². The third kappa shape index (κ3) is 4.47. The summed E-state index contributed by atoms with van der Waals surface area (Å²) in [4.78, 5) is 2.40. The molecule has 0 aromatic heterocycles. The molecule has 2 aliphatic heterocycles. The van der Waals surface area contributed by atoms with Crippen LogP contribution < -0.4 is 14.4 Å². The van der Waals surface area contributed by atoms with Gasteiger partial charge < -0.3 is 14.4 Å². The Labute approximate surface area is 201 Å². The molecule has 1 N–H and O–H groups in total. The van der Waals surface area contributed by atoms with Gasteiger partial charge in [-0.25, -0.2) is 8.42 Å². The molecular formula is C26H31N3O4S. The Morgan fingerprint density at radius 3 is 2.56 bits per heavy atom. The van der Waals surface area contributed by atoms with Gasteiger partial charge in [-0.2, -0.15) is 5.26 Å². The first-order valence-electron chi connectivity index (χ1n) is 12.2. The fourth-order valence-electron chi connectivity index (χ4n) is 5.13. The first kappa shape index (κ1) is 23.0. The molecule has 8 heteroatoms. The Bertz CT molecular complexity index is 1170. The molecule has 3 aliphatic rings. The van der Waals surface area contributed by atoms with Gasteiger partial charge in [0, 0.05) is 30.1 Å². The minimum atomic E-state index is -3.33. The molecule has 3 atom stereocenters. The van der Waals surface area contributed by atoms with E-state index in [9.17, 15) is 13.7 Å². The van der Waals surface area contributed by atoms with Crippen molar-refractivity contribution in [3.63, 3.8) is 0 Å². The molecule has 2 unspecified atom stereocenters. The van der Waals surface area contributed by atoms with Crippen molar-refractivity contribution in [3.05, 3.63) is 53.6 Å². The summed E-state index contributed by atoms with van der Waals surface area (Å²) in [6.07, 6.45) is 5.65. The number of hydrogen-bond donors (Lipinski definition) is 1. The average Bonchev–Trinajstić information content (AvgIpc) is 3.43. The van der Waals surface area contributed by atoms with Crippen LogP contribution in [0.25, 0.3) is 0 Å². The van der Waals surface area contributed by atoms with Crippen molar-refractivity contribution in [1.29, 1.82) is 5.26 Å². The lowest BCUT2D eigenvalue weighted by Crippen LogP contribution is -2.41. The van der Waals surface area contributed by atoms with E-state index in [1.165, 1.54) is 6.42 Å². The maximum atomic E-state index is 11.9. The van der Waals surface area contributed by atoms with Gasteiger partial charge in [-0.3, -0.25) is 4.72 Å². The van der Waals surface area contributed by atoms with Crippen molar-refractivity contribution >= 4 is 21.4 Å². The van der Waals surface area contributed by atoms with Gasteiger partial charge in [0.1, 0.15) is 12.4 Å². The van der Waals surface area contributed by atoms with Crippen LogP contribution in [0.3, 0.4) is 0 Å². The Morgan fingerprint density at radius 2 is 1.94 bits per heavy atom. The third-order valence-electron chi connectivity index (χ3n) is 7.20. The molecular weight excluding hydrogens is 450 g/mol. The molecule has 0 radical (unpaired) electrons. The first-order chi connectivity index (χ1) is 16.5. The van der Waals surface area contributed by atoms with E-state index in [0.717, 1.165) is 54.9 Å². The van der Waals surface area contributed by atoms with Crippen LogP contribution in [-0.4, -0.2) is 39.5 Å². The second-order valence-corrected chi connectivity index (χ2v) is 11.3. The number of nitriles is 1. The molecule has 1 saturated heterocycles. The van der Waals surface area contributed by atoms with Crippen LogP contribution in [0.1, 0.15) is 62.1 Å². The summed E-state index contributed by atoms with van der Waals surface area (Å²) in [5, 5.41) is 10.2. The summed E-state index contributed by atoms with van der Waals surface area (Å²) in [6, 6.07) is 16.3. The highest BCUT2D eigenvalue weighted by molar-refractivity contribution is 7.92. The summed E-state index contributed by atoms with van der Waals surface area (Å²) in [7, 11) is -3.33. The number of anilines is 2. The summed E-state index contributed by atoms with van der Waals surface area (Å²) in [5.41, 5.74) is 3.65. The minimum Gasteiger partial charge on any atom is -0.491 e. The van der Waals surface area contributed by atoms with E-state index in [4.69, 9.17) is 9.47 Å². The summed E-state index contributed by atoms with van der Waals surface area (Å²) in [6.45, 7) is 2.96. The number of nitrogens with one attached hydrogen (secondary N) is 1. The SMILES string of the molecule is CCS(=O)(=O)Nc1ccc(C2C(C#N)c3ccc(OC[C@H]4CCCO4)cc3N2C2CCC2)cc1. The molecule has 5 rings (SSSR count). The molecule has 1 aliphatic carbocycles. The number of fused-ring (bicyclic) bond motifs is 1. The maximum absolute atomic E-state index is 11.9. The molecule has 7 nitrogen and oxygen atoms in total. The molecule has 1 saturated carbocycles. The van der Waals surface area contributed by atoms with Crippen LogP contribution in [0, 0.1) is 11.3 Å². The smallest absolute Gasteiger partial charge is 0.232 e. The lowest BCUT2D eigenvalue weighted by molar-refractivity contribution is 0.0679. The molecule has 2 heterocycles. The number of sulfonamides is 1. The van der Waals surface area contributed by atoms with Gasteiger partial charge in [-0.1, -0.05) is 18.2 Å². The Balaban J connectivity index is 1.43. The van der Waals surface area contributed by atoms with E-state index >= 15 is 0 Å². The van der Waals surface area contributed by atoms with Gasteiger partial charge in [0.25, 0.3) is 0 Å². The highest BCUT2D eigenvalue weighted by atomic mass is 32.2. The van der Waals surface area contributed by atoms with Crippen LogP contribution in [0.2, 0.25) is 0 Å². The van der Waals surface area contributed by atoms with Crippen molar-refractivity contribution < 1.29 is 17.9 Å². The largest absolute Gasteiger partial charge is 0.491 e. The van der Waals surface area contributed by atoms with Crippen molar-refractivity contribution in [2.24, 2.45) is 0 Å². The van der Waals surface area contributed by atoms with Gasteiger partial charge >= 0.3 is 0 Å². The van der Waals surface area contributed by atoms with E-state index in [2.05, 4.69) is 21.8 Å². The summed E-state index contributed by atoms with van der Waals surface area (Å²) in [5.74, 6) is 0.525. The van der Waals surface area contributed by atoms with Crippen LogP contribution >= 0.6 is 0 Å². The summed E-state index contributed by atoms with van der Waals surface area (Å²) < 4.78 is 38.2. The molecule has 0 amide bonds. The zero-order valence-corrected chi connectivity index (χ0v) is 20.3. The minimum absolute atomic E-state index is 0.0237. The highest BCUT2D eigenvalue weighted by Gasteiger charge is 2.44. The quantitative estimate of drug-likeness (QED) is 0.586. The lowest BCUT2D eigenvalue weighted by Gasteiger charge is -2.41. The Hall–Kier alpha value is -2.76. The zero-order chi connectivity index (χ0) is 23.7. The van der Waals surface area contributed by atoms with Crippen molar-refractivity contribution in [3.8, 4) is 11.8 Å². The fraction of sp³-hybridized carbons (Fsp3) is 0.500. The van der Waals surface area contributed by atoms with Crippen molar-refractivity contribution in [2.75, 3.05) is 28.6 Å².